The quantitative estimate of drug-likeness (QED) is 0.649. The first-order valence-corrected chi connectivity index (χ1v) is 11.1. The highest BCUT2D eigenvalue weighted by Crippen LogP contribution is 2.21. The Morgan fingerprint density at radius 1 is 1.13 bits per heavy atom. The van der Waals surface area contributed by atoms with Crippen LogP contribution in [0.4, 0.5) is 0 Å². The molecular formula is C21H27N5O3S. The Hall–Kier alpha value is -2.78. The lowest BCUT2D eigenvalue weighted by Crippen LogP contribution is -2.27. The third-order valence-corrected chi connectivity index (χ3v) is 6.83. The van der Waals surface area contributed by atoms with Gasteiger partial charge < -0.3 is 5.32 Å². The molecule has 2 heterocycles. The molecule has 0 saturated heterocycles. The summed E-state index contributed by atoms with van der Waals surface area (Å²) in [6.45, 7) is 7.71. The number of nitrogens with one attached hydrogen (secondary N) is 1. The second-order valence-corrected chi connectivity index (χ2v) is 9.92. The minimum absolute atomic E-state index is 0.174. The van der Waals surface area contributed by atoms with Crippen LogP contribution in [0.5, 0.6) is 0 Å². The van der Waals surface area contributed by atoms with E-state index in [-0.39, 0.29) is 22.9 Å². The van der Waals surface area contributed by atoms with Gasteiger partial charge in [-0.3, -0.25) is 4.79 Å². The monoisotopic (exact) mass is 429 g/mol. The molecule has 3 aromatic rings. The third kappa shape index (κ3) is 4.08. The van der Waals surface area contributed by atoms with Crippen molar-refractivity contribution in [1.82, 2.24) is 24.4 Å². The van der Waals surface area contributed by atoms with Gasteiger partial charge in [-0.15, -0.1) is 0 Å². The van der Waals surface area contributed by atoms with E-state index in [2.05, 4.69) is 15.4 Å². The number of aryl methyl sites for hydroxylation is 1. The van der Waals surface area contributed by atoms with Gasteiger partial charge in [-0.1, -0.05) is 12.1 Å². The Balaban J connectivity index is 1.81. The second kappa shape index (κ2) is 8.16. The average molecular weight is 430 g/mol. The van der Waals surface area contributed by atoms with E-state index in [0.717, 1.165) is 16.6 Å². The highest BCUT2D eigenvalue weighted by molar-refractivity contribution is 7.89. The summed E-state index contributed by atoms with van der Waals surface area (Å²) in [5.74, 6) is -0.239. The van der Waals surface area contributed by atoms with Crippen molar-refractivity contribution < 1.29 is 13.2 Å². The van der Waals surface area contributed by atoms with Crippen molar-refractivity contribution in [3.05, 3.63) is 53.3 Å². The molecule has 0 aliphatic carbocycles. The number of hydrogen-bond acceptors (Lipinski definition) is 5. The van der Waals surface area contributed by atoms with Gasteiger partial charge in [0.2, 0.25) is 10.0 Å². The Morgan fingerprint density at radius 2 is 1.77 bits per heavy atom. The molecule has 1 aromatic carbocycles. The van der Waals surface area contributed by atoms with E-state index in [1.54, 1.807) is 43.5 Å². The minimum Gasteiger partial charge on any atom is -0.345 e. The highest BCUT2D eigenvalue weighted by atomic mass is 32.2. The Labute approximate surface area is 177 Å². The Morgan fingerprint density at radius 3 is 2.33 bits per heavy atom. The summed E-state index contributed by atoms with van der Waals surface area (Å²) in [6, 6.07) is 8.19. The first kappa shape index (κ1) is 21.9. The van der Waals surface area contributed by atoms with Gasteiger partial charge in [0.05, 0.1) is 28.4 Å². The van der Waals surface area contributed by atoms with Gasteiger partial charge >= 0.3 is 0 Å². The molecule has 0 saturated carbocycles. The molecule has 9 heteroatoms. The lowest BCUT2D eigenvalue weighted by Gasteiger charge is -2.17. The minimum atomic E-state index is -3.49. The summed E-state index contributed by atoms with van der Waals surface area (Å²) >= 11 is 0. The summed E-state index contributed by atoms with van der Waals surface area (Å²) < 4.78 is 27.4. The van der Waals surface area contributed by atoms with Crippen LogP contribution in [-0.4, -0.2) is 47.5 Å². The van der Waals surface area contributed by atoms with E-state index in [4.69, 9.17) is 0 Å². The van der Waals surface area contributed by atoms with Gasteiger partial charge in [-0.2, -0.15) is 5.10 Å². The van der Waals surface area contributed by atoms with Crippen molar-refractivity contribution in [2.75, 3.05) is 14.1 Å². The number of fused-ring (bicyclic) bond motifs is 1. The molecule has 0 bridgehead atoms. The molecule has 1 unspecified atom stereocenters. The molecule has 0 spiro atoms. The van der Waals surface area contributed by atoms with Gasteiger partial charge in [-0.05, 0) is 51.5 Å². The number of nitrogens with zero attached hydrogens (tertiary/aromatic N) is 4. The van der Waals surface area contributed by atoms with Gasteiger partial charge in [0.1, 0.15) is 0 Å². The maximum Gasteiger partial charge on any atom is 0.253 e. The van der Waals surface area contributed by atoms with E-state index in [1.165, 1.54) is 18.4 Å². The van der Waals surface area contributed by atoms with E-state index in [0.29, 0.717) is 11.3 Å². The van der Waals surface area contributed by atoms with E-state index >= 15 is 0 Å². The number of rotatable bonds is 6. The molecule has 160 valence electrons. The molecule has 0 fully saturated rings. The van der Waals surface area contributed by atoms with E-state index < -0.39 is 10.0 Å². The largest absolute Gasteiger partial charge is 0.345 e. The number of aromatic nitrogens is 3. The molecular weight excluding hydrogens is 402 g/mol. The maximum absolute atomic E-state index is 12.9. The molecule has 30 heavy (non-hydrogen) atoms. The van der Waals surface area contributed by atoms with Crippen LogP contribution in [0, 0.1) is 6.92 Å². The van der Waals surface area contributed by atoms with Crippen molar-refractivity contribution in [3.63, 3.8) is 0 Å². The molecule has 1 amide bonds. The summed E-state index contributed by atoms with van der Waals surface area (Å²) in [5.41, 5.74) is 2.68. The van der Waals surface area contributed by atoms with E-state index in [9.17, 15) is 13.2 Å². The smallest absolute Gasteiger partial charge is 0.253 e. The van der Waals surface area contributed by atoms with Crippen LogP contribution in [0.15, 0.2) is 41.4 Å². The zero-order valence-electron chi connectivity index (χ0n) is 18.0. The maximum atomic E-state index is 12.9. The van der Waals surface area contributed by atoms with Crippen LogP contribution in [-0.2, 0) is 10.0 Å². The number of carbonyl (C=O) groups is 1. The summed E-state index contributed by atoms with van der Waals surface area (Å²) in [6.07, 6.45) is 1.71. The molecule has 0 aliphatic heterocycles. The van der Waals surface area contributed by atoms with E-state index in [1.807, 2.05) is 25.5 Å². The Kier molecular flexibility index (Phi) is 5.96. The molecule has 2 aromatic heterocycles. The van der Waals surface area contributed by atoms with Crippen LogP contribution >= 0.6 is 0 Å². The lowest BCUT2D eigenvalue weighted by atomic mass is 10.1. The SMILES string of the molecule is Cc1nc2c(cnn2C(C)C)cc1C(=O)NC(C)c1ccc(S(=O)(=O)N(C)C)cc1. The number of amides is 1. The standard InChI is InChI=1S/C21H27N5O3S/c1-13(2)26-20-17(12-22-26)11-19(15(4)23-20)21(27)24-14(3)16-7-9-18(10-8-16)30(28,29)25(5)6/h7-14H,1-6H3,(H,24,27). The van der Waals surface area contributed by atoms with Crippen LogP contribution in [0.1, 0.15) is 54.5 Å². The summed E-state index contributed by atoms with van der Waals surface area (Å²) in [5, 5.41) is 8.13. The van der Waals surface area contributed by atoms with Crippen LogP contribution in [0.25, 0.3) is 11.0 Å². The number of pyridine rings is 1. The Bertz CT molecular complexity index is 1180. The van der Waals surface area contributed by atoms with Crippen LogP contribution in [0.2, 0.25) is 0 Å². The zero-order valence-corrected chi connectivity index (χ0v) is 18.9. The van der Waals surface area contributed by atoms with Gasteiger partial charge in [0.25, 0.3) is 5.91 Å². The summed E-state index contributed by atoms with van der Waals surface area (Å²) in [7, 11) is -0.506. The van der Waals surface area contributed by atoms with Crippen molar-refractivity contribution in [3.8, 4) is 0 Å². The fourth-order valence-corrected chi connectivity index (χ4v) is 4.07. The van der Waals surface area contributed by atoms with Gasteiger partial charge in [0.15, 0.2) is 5.65 Å². The number of benzene rings is 1. The molecule has 0 radical (unpaired) electrons. The molecule has 8 nitrogen and oxygen atoms in total. The number of sulfonamides is 1. The predicted molar refractivity (Wildman–Crippen MR) is 116 cm³/mol. The second-order valence-electron chi connectivity index (χ2n) is 7.77. The molecule has 3 rings (SSSR count). The normalized spacial score (nSPS) is 13.2. The van der Waals surface area contributed by atoms with Gasteiger partial charge in [0, 0.05) is 25.5 Å². The average Bonchev–Trinajstić information content (AvgIpc) is 3.10. The molecule has 1 atom stereocenters. The van der Waals surface area contributed by atoms with Gasteiger partial charge in [-0.25, -0.2) is 22.4 Å². The van der Waals surface area contributed by atoms with Crippen molar-refractivity contribution in [2.24, 2.45) is 0 Å². The fourth-order valence-electron chi connectivity index (χ4n) is 3.17. The topological polar surface area (TPSA) is 97.2 Å². The lowest BCUT2D eigenvalue weighted by molar-refractivity contribution is 0.0939. The van der Waals surface area contributed by atoms with Crippen LogP contribution < -0.4 is 5.32 Å². The first-order valence-electron chi connectivity index (χ1n) is 9.70. The molecule has 0 aliphatic rings. The summed E-state index contributed by atoms with van der Waals surface area (Å²) in [4.78, 5) is 17.7. The highest BCUT2D eigenvalue weighted by Gasteiger charge is 2.19. The third-order valence-electron chi connectivity index (χ3n) is 5.00. The van der Waals surface area contributed by atoms with Crippen molar-refractivity contribution >= 4 is 27.0 Å². The zero-order chi connectivity index (χ0) is 22.2. The van der Waals surface area contributed by atoms with Crippen LogP contribution in [0.3, 0.4) is 0 Å². The fraction of sp³-hybridized carbons (Fsp3) is 0.381. The van der Waals surface area contributed by atoms with Crippen molar-refractivity contribution in [2.45, 2.75) is 44.7 Å². The number of carbonyl (C=O) groups excluding carboxylic acids is 1. The number of hydrogen-bond donors (Lipinski definition) is 1. The predicted octanol–water partition coefficient (Wildman–Crippen LogP) is 3.06. The van der Waals surface area contributed by atoms with Crippen molar-refractivity contribution in [1.29, 1.82) is 0 Å². The first-order chi connectivity index (χ1) is 14.0. The molecule has 1 N–H and O–H groups in total.